The largest absolute Gasteiger partial charge is 0.497 e. The lowest BCUT2D eigenvalue weighted by atomic mass is 10.1. The van der Waals surface area contributed by atoms with Gasteiger partial charge in [0.25, 0.3) is 15.9 Å². The van der Waals surface area contributed by atoms with Crippen molar-refractivity contribution in [2.24, 2.45) is 5.73 Å². The molecule has 1 aromatic heterocycles. The first-order valence-corrected chi connectivity index (χ1v) is 9.52. The Bertz CT molecular complexity index is 998. The first kappa shape index (κ1) is 17.3. The van der Waals surface area contributed by atoms with Gasteiger partial charge in [0.1, 0.15) is 11.8 Å². The molecule has 3 aromatic rings. The number of carbonyl (C=O) groups is 1. The highest BCUT2D eigenvalue weighted by atomic mass is 32.2. The van der Waals surface area contributed by atoms with E-state index >= 15 is 0 Å². The molecule has 0 aliphatic heterocycles. The Morgan fingerprint density at radius 1 is 1.24 bits per heavy atom. The summed E-state index contributed by atoms with van der Waals surface area (Å²) >= 11 is 0.985. The summed E-state index contributed by atoms with van der Waals surface area (Å²) in [7, 11) is -2.61. The Morgan fingerprint density at radius 3 is 2.72 bits per heavy atom. The summed E-state index contributed by atoms with van der Waals surface area (Å²) in [6.45, 7) is 0. The number of amides is 1. The molecule has 7 nitrogen and oxygen atoms in total. The monoisotopic (exact) mass is 377 g/mol. The highest BCUT2D eigenvalue weighted by Crippen LogP contribution is 2.25. The summed E-state index contributed by atoms with van der Waals surface area (Å²) in [4.78, 5) is 16.3. The Hall–Kier alpha value is -2.49. The van der Waals surface area contributed by atoms with E-state index < -0.39 is 22.0 Å². The number of nitrogens with zero attached hydrogens (tertiary/aromatic N) is 1. The second kappa shape index (κ2) is 6.79. The third-order valence-electron chi connectivity index (χ3n) is 3.47. The molecule has 3 rings (SSSR count). The van der Waals surface area contributed by atoms with Crippen LogP contribution >= 0.6 is 11.3 Å². The van der Waals surface area contributed by atoms with Crippen molar-refractivity contribution in [1.82, 2.24) is 9.71 Å². The number of hydrogen-bond donors (Lipinski definition) is 2. The summed E-state index contributed by atoms with van der Waals surface area (Å²) in [5.74, 6) is -0.317. The Morgan fingerprint density at radius 2 is 2.00 bits per heavy atom. The zero-order valence-electron chi connectivity index (χ0n) is 13.2. The lowest BCUT2D eigenvalue weighted by molar-refractivity contribution is -0.120. The van der Waals surface area contributed by atoms with Gasteiger partial charge in [0.05, 0.1) is 17.3 Å². The number of hydrogen-bond acceptors (Lipinski definition) is 7. The Kier molecular flexibility index (Phi) is 4.71. The quantitative estimate of drug-likeness (QED) is 0.701. The van der Waals surface area contributed by atoms with E-state index in [1.165, 1.54) is 7.11 Å². The van der Waals surface area contributed by atoms with Crippen LogP contribution in [0.15, 0.2) is 52.9 Å². The number of fused-ring (bicyclic) bond motifs is 1. The molecule has 1 atom stereocenters. The molecule has 130 valence electrons. The van der Waals surface area contributed by atoms with Crippen molar-refractivity contribution in [3.8, 4) is 5.75 Å². The molecule has 0 radical (unpaired) electrons. The van der Waals surface area contributed by atoms with Gasteiger partial charge in [-0.1, -0.05) is 24.3 Å². The third-order valence-corrected chi connectivity index (χ3v) is 6.23. The van der Waals surface area contributed by atoms with Crippen molar-refractivity contribution < 1.29 is 17.9 Å². The van der Waals surface area contributed by atoms with E-state index in [-0.39, 0.29) is 4.34 Å². The predicted octanol–water partition coefficient (Wildman–Crippen LogP) is 1.81. The predicted molar refractivity (Wildman–Crippen MR) is 94.9 cm³/mol. The number of sulfonamides is 1. The standard InChI is InChI=1S/C16H15N3O4S2/c1-23-11-6-4-5-10(9-11)14(17)15(20)19-25(21,22)16-18-12-7-2-3-8-13(12)24-16/h2-9,14H,17H2,1H3,(H,19,20). The lowest BCUT2D eigenvalue weighted by Gasteiger charge is -2.12. The number of nitrogens with two attached hydrogens (primary N) is 1. The number of aromatic nitrogens is 1. The van der Waals surface area contributed by atoms with Gasteiger partial charge in [-0.05, 0) is 29.8 Å². The molecular formula is C16H15N3O4S2. The first-order valence-electron chi connectivity index (χ1n) is 7.22. The van der Waals surface area contributed by atoms with Crippen LogP contribution in [0.2, 0.25) is 0 Å². The van der Waals surface area contributed by atoms with Crippen LogP contribution in [0.4, 0.5) is 0 Å². The summed E-state index contributed by atoms with van der Waals surface area (Å²) in [5, 5.41) is 0. The maximum absolute atomic E-state index is 12.4. The fourth-order valence-corrected chi connectivity index (χ4v) is 4.42. The van der Waals surface area contributed by atoms with Gasteiger partial charge in [0.15, 0.2) is 0 Å². The molecule has 0 aliphatic carbocycles. The SMILES string of the molecule is COc1cccc(C(N)C(=O)NS(=O)(=O)c2nc3ccccc3s2)c1. The molecule has 1 amide bonds. The molecule has 3 N–H and O–H groups in total. The summed E-state index contributed by atoms with van der Waals surface area (Å²) in [5.41, 5.74) is 6.87. The average molecular weight is 377 g/mol. The van der Waals surface area contributed by atoms with E-state index in [9.17, 15) is 13.2 Å². The molecule has 2 aromatic carbocycles. The van der Waals surface area contributed by atoms with Gasteiger partial charge in [0, 0.05) is 0 Å². The van der Waals surface area contributed by atoms with Gasteiger partial charge in [-0.3, -0.25) is 4.79 Å². The number of carbonyl (C=O) groups excluding carboxylic acids is 1. The van der Waals surface area contributed by atoms with Crippen molar-refractivity contribution in [3.05, 3.63) is 54.1 Å². The van der Waals surface area contributed by atoms with E-state index in [1.54, 1.807) is 48.5 Å². The number of ether oxygens (including phenoxy) is 1. The second-order valence-corrected chi connectivity index (χ2v) is 8.06. The molecule has 1 heterocycles. The van der Waals surface area contributed by atoms with Gasteiger partial charge < -0.3 is 10.5 Å². The van der Waals surface area contributed by atoms with Crippen molar-refractivity contribution in [2.75, 3.05) is 7.11 Å². The number of thiazole rings is 1. The minimum Gasteiger partial charge on any atom is -0.497 e. The van der Waals surface area contributed by atoms with Gasteiger partial charge >= 0.3 is 0 Å². The van der Waals surface area contributed by atoms with E-state index in [0.717, 1.165) is 11.3 Å². The number of para-hydroxylation sites is 1. The molecule has 0 saturated heterocycles. The van der Waals surface area contributed by atoms with Crippen LogP contribution in [-0.4, -0.2) is 26.4 Å². The maximum Gasteiger partial charge on any atom is 0.291 e. The Labute approximate surface area is 148 Å². The summed E-state index contributed by atoms with van der Waals surface area (Å²) < 4.78 is 32.4. The number of nitrogens with one attached hydrogen (secondary N) is 1. The van der Waals surface area contributed by atoms with Crippen molar-refractivity contribution in [2.45, 2.75) is 10.4 Å². The van der Waals surface area contributed by atoms with Crippen molar-refractivity contribution in [1.29, 1.82) is 0 Å². The normalized spacial score (nSPS) is 12.7. The molecule has 0 fully saturated rings. The van der Waals surface area contributed by atoms with Crippen LogP contribution in [0.5, 0.6) is 5.75 Å². The molecule has 0 spiro atoms. The van der Waals surface area contributed by atoms with Gasteiger partial charge in [-0.2, -0.15) is 8.42 Å². The number of methoxy groups -OCH3 is 1. The van der Waals surface area contributed by atoms with Crippen LogP contribution in [-0.2, 0) is 14.8 Å². The lowest BCUT2D eigenvalue weighted by Crippen LogP contribution is -2.38. The zero-order chi connectivity index (χ0) is 18.0. The van der Waals surface area contributed by atoms with Crippen LogP contribution in [0.1, 0.15) is 11.6 Å². The molecule has 25 heavy (non-hydrogen) atoms. The fourth-order valence-electron chi connectivity index (χ4n) is 2.19. The summed E-state index contributed by atoms with van der Waals surface area (Å²) in [6, 6.07) is 12.4. The van der Waals surface area contributed by atoms with Gasteiger partial charge in [-0.25, -0.2) is 9.71 Å². The van der Waals surface area contributed by atoms with Gasteiger partial charge in [0.2, 0.25) is 4.34 Å². The van der Waals surface area contributed by atoms with Crippen LogP contribution in [0.3, 0.4) is 0 Å². The highest BCUT2D eigenvalue weighted by molar-refractivity contribution is 7.92. The molecule has 0 bridgehead atoms. The number of benzene rings is 2. The van der Waals surface area contributed by atoms with Crippen LogP contribution in [0.25, 0.3) is 10.2 Å². The molecule has 1 unspecified atom stereocenters. The van der Waals surface area contributed by atoms with Crippen LogP contribution < -0.4 is 15.2 Å². The average Bonchev–Trinajstić information content (AvgIpc) is 3.06. The second-order valence-electron chi connectivity index (χ2n) is 5.17. The zero-order valence-corrected chi connectivity index (χ0v) is 14.8. The minimum atomic E-state index is -4.09. The number of rotatable bonds is 5. The molecule has 0 saturated carbocycles. The third kappa shape index (κ3) is 3.63. The maximum atomic E-state index is 12.4. The van der Waals surface area contributed by atoms with E-state index in [2.05, 4.69) is 4.98 Å². The Balaban J connectivity index is 1.83. The smallest absolute Gasteiger partial charge is 0.291 e. The van der Waals surface area contributed by atoms with Gasteiger partial charge in [-0.15, -0.1) is 11.3 Å². The first-order chi connectivity index (χ1) is 11.9. The molecular weight excluding hydrogens is 362 g/mol. The highest BCUT2D eigenvalue weighted by Gasteiger charge is 2.26. The fraction of sp³-hybridized carbons (Fsp3) is 0.125. The van der Waals surface area contributed by atoms with Crippen LogP contribution in [0, 0.1) is 0 Å². The summed E-state index contributed by atoms with van der Waals surface area (Å²) in [6.07, 6.45) is 0. The minimum absolute atomic E-state index is 0.181. The van der Waals surface area contributed by atoms with Crippen molar-refractivity contribution >= 4 is 37.5 Å². The van der Waals surface area contributed by atoms with E-state index in [0.29, 0.717) is 21.5 Å². The van der Waals surface area contributed by atoms with E-state index in [1.807, 2.05) is 4.72 Å². The van der Waals surface area contributed by atoms with E-state index in [4.69, 9.17) is 10.5 Å². The topological polar surface area (TPSA) is 111 Å². The molecule has 9 heteroatoms. The van der Waals surface area contributed by atoms with Crippen molar-refractivity contribution in [3.63, 3.8) is 0 Å². The molecule has 0 aliphatic rings.